The Morgan fingerprint density at radius 1 is 0.714 bits per heavy atom. The largest absolute Gasteiger partial charge is 0.327 e. The number of nitrogens with zero attached hydrogens (tertiary/aromatic N) is 1. The SMILES string of the molecule is NCn1c2ccccc2c2cccc(-c3ccccc3)c21. The lowest BCUT2D eigenvalue weighted by Gasteiger charge is -2.08. The van der Waals surface area contributed by atoms with E-state index in [4.69, 9.17) is 5.73 Å². The first-order valence-electron chi connectivity index (χ1n) is 7.15. The fourth-order valence-electron chi connectivity index (χ4n) is 3.15. The van der Waals surface area contributed by atoms with Crippen molar-refractivity contribution in [3.8, 4) is 11.1 Å². The van der Waals surface area contributed by atoms with Crippen LogP contribution in [-0.2, 0) is 6.67 Å². The summed E-state index contributed by atoms with van der Waals surface area (Å²) in [4.78, 5) is 0. The van der Waals surface area contributed by atoms with Crippen molar-refractivity contribution >= 4 is 21.8 Å². The molecule has 0 saturated carbocycles. The topological polar surface area (TPSA) is 30.9 Å². The highest BCUT2D eigenvalue weighted by Gasteiger charge is 2.13. The molecule has 4 aromatic rings. The normalized spacial score (nSPS) is 11.3. The summed E-state index contributed by atoms with van der Waals surface area (Å²) in [6.07, 6.45) is 0. The molecule has 0 unspecified atom stereocenters. The highest BCUT2D eigenvalue weighted by Crippen LogP contribution is 2.35. The third-order valence-corrected chi connectivity index (χ3v) is 4.06. The van der Waals surface area contributed by atoms with Crippen LogP contribution >= 0.6 is 0 Å². The van der Waals surface area contributed by atoms with Crippen molar-refractivity contribution in [1.29, 1.82) is 0 Å². The molecule has 21 heavy (non-hydrogen) atoms. The molecule has 0 bridgehead atoms. The summed E-state index contributed by atoms with van der Waals surface area (Å²) in [7, 11) is 0. The van der Waals surface area contributed by atoms with E-state index in [9.17, 15) is 0 Å². The summed E-state index contributed by atoms with van der Waals surface area (Å²) in [5.74, 6) is 0. The van der Waals surface area contributed by atoms with Crippen LogP contribution in [0.5, 0.6) is 0 Å². The highest BCUT2D eigenvalue weighted by atomic mass is 15.0. The molecule has 0 radical (unpaired) electrons. The summed E-state index contributed by atoms with van der Waals surface area (Å²) >= 11 is 0. The van der Waals surface area contributed by atoms with Crippen LogP contribution in [0.25, 0.3) is 32.9 Å². The van der Waals surface area contributed by atoms with Crippen LogP contribution in [0.4, 0.5) is 0 Å². The van der Waals surface area contributed by atoms with E-state index in [2.05, 4.69) is 71.3 Å². The number of nitrogens with two attached hydrogens (primary N) is 1. The zero-order chi connectivity index (χ0) is 14.2. The molecule has 1 heterocycles. The van der Waals surface area contributed by atoms with Crippen LogP contribution in [0.3, 0.4) is 0 Å². The van der Waals surface area contributed by atoms with Crippen LogP contribution in [0.2, 0.25) is 0 Å². The third kappa shape index (κ3) is 1.77. The van der Waals surface area contributed by atoms with Gasteiger partial charge in [-0.3, -0.25) is 0 Å². The molecule has 2 N–H and O–H groups in total. The van der Waals surface area contributed by atoms with Crippen LogP contribution in [-0.4, -0.2) is 4.57 Å². The lowest BCUT2D eigenvalue weighted by molar-refractivity contribution is 0.791. The maximum absolute atomic E-state index is 6.04. The van der Waals surface area contributed by atoms with Gasteiger partial charge in [-0.2, -0.15) is 0 Å². The van der Waals surface area contributed by atoms with Gasteiger partial charge in [0.25, 0.3) is 0 Å². The smallest absolute Gasteiger partial charge is 0.0707 e. The average molecular weight is 272 g/mol. The molecule has 0 saturated heterocycles. The van der Waals surface area contributed by atoms with E-state index in [-0.39, 0.29) is 0 Å². The third-order valence-electron chi connectivity index (χ3n) is 4.06. The summed E-state index contributed by atoms with van der Waals surface area (Å²) in [5.41, 5.74) is 10.9. The maximum Gasteiger partial charge on any atom is 0.0707 e. The summed E-state index contributed by atoms with van der Waals surface area (Å²) in [5, 5.41) is 2.52. The number of hydrogen-bond acceptors (Lipinski definition) is 1. The van der Waals surface area contributed by atoms with E-state index in [0.717, 1.165) is 0 Å². The number of hydrogen-bond donors (Lipinski definition) is 1. The molecule has 102 valence electrons. The van der Waals surface area contributed by atoms with Gasteiger partial charge in [-0.25, -0.2) is 0 Å². The lowest BCUT2D eigenvalue weighted by atomic mass is 10.0. The van der Waals surface area contributed by atoms with Crippen LogP contribution in [0, 0.1) is 0 Å². The number of benzene rings is 3. The predicted octanol–water partition coefficient (Wildman–Crippen LogP) is 4.38. The van der Waals surface area contributed by atoms with E-state index in [1.165, 1.54) is 32.9 Å². The first-order valence-corrected chi connectivity index (χ1v) is 7.15. The second-order valence-corrected chi connectivity index (χ2v) is 5.20. The Kier molecular flexibility index (Phi) is 2.76. The van der Waals surface area contributed by atoms with Gasteiger partial charge in [-0.15, -0.1) is 0 Å². The maximum atomic E-state index is 6.04. The van der Waals surface area contributed by atoms with E-state index in [0.29, 0.717) is 6.67 Å². The number of fused-ring (bicyclic) bond motifs is 3. The van der Waals surface area contributed by atoms with Gasteiger partial charge in [0.2, 0.25) is 0 Å². The molecule has 1 aromatic heterocycles. The first kappa shape index (κ1) is 12.2. The molecule has 3 aromatic carbocycles. The molecule has 0 aliphatic carbocycles. The number of aromatic nitrogens is 1. The van der Waals surface area contributed by atoms with Gasteiger partial charge in [0.05, 0.1) is 17.7 Å². The minimum atomic E-state index is 0.480. The summed E-state index contributed by atoms with van der Waals surface area (Å²) in [6.45, 7) is 0.480. The zero-order valence-corrected chi connectivity index (χ0v) is 11.7. The van der Waals surface area contributed by atoms with Crippen molar-refractivity contribution in [3.05, 3.63) is 72.8 Å². The molecule has 4 rings (SSSR count). The Hall–Kier alpha value is -2.58. The minimum Gasteiger partial charge on any atom is -0.327 e. The van der Waals surface area contributed by atoms with Crippen molar-refractivity contribution in [3.63, 3.8) is 0 Å². The van der Waals surface area contributed by atoms with Crippen molar-refractivity contribution in [2.24, 2.45) is 5.73 Å². The Balaban J connectivity index is 2.19. The molecule has 0 amide bonds. The van der Waals surface area contributed by atoms with Gasteiger partial charge < -0.3 is 10.3 Å². The quantitative estimate of drug-likeness (QED) is 0.577. The first-order chi connectivity index (χ1) is 10.4. The highest BCUT2D eigenvalue weighted by molar-refractivity contribution is 6.12. The van der Waals surface area contributed by atoms with Crippen LogP contribution < -0.4 is 5.73 Å². The Morgan fingerprint density at radius 2 is 1.43 bits per heavy atom. The van der Waals surface area contributed by atoms with E-state index in [1.807, 2.05) is 6.07 Å². The van der Waals surface area contributed by atoms with Gasteiger partial charge >= 0.3 is 0 Å². The second-order valence-electron chi connectivity index (χ2n) is 5.20. The van der Waals surface area contributed by atoms with E-state index < -0.39 is 0 Å². The predicted molar refractivity (Wildman–Crippen MR) is 89.1 cm³/mol. The second kappa shape index (κ2) is 4.76. The standard InChI is InChI=1S/C19H16N2/c20-13-21-18-12-5-4-9-16(18)17-11-6-10-15(19(17)21)14-7-2-1-3-8-14/h1-12H,13,20H2. The average Bonchev–Trinajstić information content (AvgIpc) is 2.89. The Morgan fingerprint density at radius 3 is 2.24 bits per heavy atom. The number of rotatable bonds is 2. The lowest BCUT2D eigenvalue weighted by Crippen LogP contribution is -2.06. The van der Waals surface area contributed by atoms with Gasteiger partial charge in [0.1, 0.15) is 0 Å². The monoisotopic (exact) mass is 272 g/mol. The summed E-state index contributed by atoms with van der Waals surface area (Å²) < 4.78 is 2.20. The zero-order valence-electron chi connectivity index (χ0n) is 11.7. The minimum absolute atomic E-state index is 0.480. The van der Waals surface area contributed by atoms with E-state index in [1.54, 1.807) is 0 Å². The Labute approximate surface area is 123 Å². The fourth-order valence-corrected chi connectivity index (χ4v) is 3.15. The number of para-hydroxylation sites is 2. The van der Waals surface area contributed by atoms with Crippen molar-refractivity contribution in [2.45, 2.75) is 6.67 Å². The molecule has 2 heteroatoms. The molecular weight excluding hydrogens is 256 g/mol. The van der Waals surface area contributed by atoms with Crippen molar-refractivity contribution < 1.29 is 0 Å². The van der Waals surface area contributed by atoms with Gasteiger partial charge in [0, 0.05) is 16.3 Å². The van der Waals surface area contributed by atoms with Gasteiger partial charge in [-0.1, -0.05) is 66.7 Å². The van der Waals surface area contributed by atoms with Crippen molar-refractivity contribution in [2.75, 3.05) is 0 Å². The van der Waals surface area contributed by atoms with Gasteiger partial charge in [0.15, 0.2) is 0 Å². The van der Waals surface area contributed by atoms with E-state index >= 15 is 0 Å². The fraction of sp³-hybridized carbons (Fsp3) is 0.0526. The summed E-state index contributed by atoms with van der Waals surface area (Å²) in [6, 6.07) is 25.4. The van der Waals surface area contributed by atoms with Crippen LogP contribution in [0.1, 0.15) is 0 Å². The molecule has 0 aliphatic heterocycles. The van der Waals surface area contributed by atoms with Crippen molar-refractivity contribution in [1.82, 2.24) is 4.57 Å². The molecule has 0 atom stereocenters. The molecule has 0 fully saturated rings. The van der Waals surface area contributed by atoms with Crippen LogP contribution in [0.15, 0.2) is 72.8 Å². The van der Waals surface area contributed by atoms with Gasteiger partial charge in [-0.05, 0) is 11.6 Å². The molecule has 0 aliphatic rings. The molecule has 0 spiro atoms. The molecular formula is C19H16N2. The molecule has 2 nitrogen and oxygen atoms in total. The Bertz CT molecular complexity index is 920.